The summed E-state index contributed by atoms with van der Waals surface area (Å²) in [4.78, 5) is 17.9. The fraction of sp³-hybridized carbons (Fsp3) is 0.360. The predicted molar refractivity (Wildman–Crippen MR) is 133 cm³/mol. The molecule has 0 saturated carbocycles. The molecular formula is C25H29N3O3S. The number of fused-ring (bicyclic) bond motifs is 1. The molecule has 1 aliphatic heterocycles. The number of ether oxygens (including phenoxy) is 2. The van der Waals surface area contributed by atoms with Crippen LogP contribution in [0.25, 0.3) is 10.9 Å². The van der Waals surface area contributed by atoms with Crippen molar-refractivity contribution in [2.45, 2.75) is 39.3 Å². The summed E-state index contributed by atoms with van der Waals surface area (Å²) in [6, 6.07) is 15.7. The number of hydrogen-bond acceptors (Lipinski definition) is 4. The van der Waals surface area contributed by atoms with Crippen LogP contribution in [-0.4, -0.2) is 40.9 Å². The smallest absolute Gasteiger partial charge is 0.253 e. The number of aryl methyl sites for hydroxylation is 1. The van der Waals surface area contributed by atoms with Gasteiger partial charge in [-0.3, -0.25) is 4.79 Å². The van der Waals surface area contributed by atoms with Crippen molar-refractivity contribution in [3.05, 3.63) is 70.0 Å². The zero-order valence-electron chi connectivity index (χ0n) is 18.5. The Morgan fingerprint density at radius 2 is 2.09 bits per heavy atom. The third-order valence-corrected chi connectivity index (χ3v) is 6.04. The van der Waals surface area contributed by atoms with E-state index in [0.717, 1.165) is 47.4 Å². The SMILES string of the molecule is CCOc1ccc(NC(=S)N(Cc2cc3cccc(C)c3[nH]c2=O)CC2CCCO2)cc1. The highest BCUT2D eigenvalue weighted by Crippen LogP contribution is 2.20. The Hall–Kier alpha value is -2.90. The van der Waals surface area contributed by atoms with E-state index in [2.05, 4.69) is 10.3 Å². The van der Waals surface area contributed by atoms with Crippen molar-refractivity contribution in [3.8, 4) is 5.75 Å². The Bertz CT molecular complexity index is 1140. The lowest BCUT2D eigenvalue weighted by molar-refractivity contribution is 0.0904. The lowest BCUT2D eigenvalue weighted by atomic mass is 10.1. The lowest BCUT2D eigenvalue weighted by Crippen LogP contribution is -2.40. The number of pyridine rings is 1. The number of H-pyrrole nitrogens is 1. The van der Waals surface area contributed by atoms with Gasteiger partial charge in [-0.05, 0) is 80.2 Å². The highest BCUT2D eigenvalue weighted by atomic mass is 32.1. The Labute approximate surface area is 193 Å². The first-order valence-corrected chi connectivity index (χ1v) is 11.5. The molecule has 7 heteroatoms. The van der Waals surface area contributed by atoms with Crippen LogP contribution in [0.15, 0.2) is 53.3 Å². The lowest BCUT2D eigenvalue weighted by Gasteiger charge is -2.28. The van der Waals surface area contributed by atoms with Crippen molar-refractivity contribution >= 4 is 33.9 Å². The molecule has 3 aromatic rings. The second-order valence-corrected chi connectivity index (χ2v) is 8.45. The summed E-state index contributed by atoms with van der Waals surface area (Å²) >= 11 is 5.75. The summed E-state index contributed by atoms with van der Waals surface area (Å²) in [6.45, 7) is 6.39. The molecular weight excluding hydrogens is 422 g/mol. The molecule has 0 bridgehead atoms. The average Bonchev–Trinajstić information content (AvgIpc) is 3.29. The molecule has 1 fully saturated rings. The first-order chi connectivity index (χ1) is 15.5. The fourth-order valence-electron chi connectivity index (χ4n) is 4.01. The van der Waals surface area contributed by atoms with E-state index in [4.69, 9.17) is 21.7 Å². The van der Waals surface area contributed by atoms with Crippen LogP contribution in [0.4, 0.5) is 5.69 Å². The number of nitrogens with zero attached hydrogens (tertiary/aromatic N) is 1. The Balaban J connectivity index is 1.56. The van der Waals surface area contributed by atoms with E-state index in [-0.39, 0.29) is 11.7 Å². The fourth-order valence-corrected chi connectivity index (χ4v) is 4.27. The number of anilines is 1. The molecule has 1 atom stereocenters. The van der Waals surface area contributed by atoms with Gasteiger partial charge in [0.05, 0.1) is 24.8 Å². The van der Waals surface area contributed by atoms with E-state index in [0.29, 0.717) is 30.4 Å². The number of aromatic amines is 1. The van der Waals surface area contributed by atoms with Crippen LogP contribution < -0.4 is 15.6 Å². The highest BCUT2D eigenvalue weighted by Gasteiger charge is 2.22. The Morgan fingerprint density at radius 1 is 1.28 bits per heavy atom. The van der Waals surface area contributed by atoms with Crippen molar-refractivity contribution in [3.63, 3.8) is 0 Å². The molecule has 4 rings (SSSR count). The van der Waals surface area contributed by atoms with Crippen LogP contribution in [0.3, 0.4) is 0 Å². The summed E-state index contributed by atoms with van der Waals surface area (Å²) in [5, 5.41) is 4.88. The molecule has 0 amide bonds. The zero-order valence-corrected chi connectivity index (χ0v) is 19.3. The van der Waals surface area contributed by atoms with E-state index in [1.54, 1.807) is 0 Å². The van der Waals surface area contributed by atoms with Crippen LogP contribution in [0.2, 0.25) is 0 Å². The normalized spacial score (nSPS) is 15.6. The van der Waals surface area contributed by atoms with Gasteiger partial charge in [-0.2, -0.15) is 0 Å². The quantitative estimate of drug-likeness (QED) is 0.511. The van der Waals surface area contributed by atoms with Crippen LogP contribution in [0.5, 0.6) is 5.75 Å². The molecule has 0 aliphatic carbocycles. The second-order valence-electron chi connectivity index (χ2n) is 8.07. The van der Waals surface area contributed by atoms with Gasteiger partial charge in [-0.1, -0.05) is 18.2 Å². The van der Waals surface area contributed by atoms with E-state index in [9.17, 15) is 4.79 Å². The number of benzene rings is 2. The molecule has 2 aromatic carbocycles. The number of nitrogens with one attached hydrogen (secondary N) is 2. The van der Waals surface area contributed by atoms with E-state index in [1.165, 1.54) is 0 Å². The Kier molecular flexibility index (Phi) is 7.07. The largest absolute Gasteiger partial charge is 0.494 e. The summed E-state index contributed by atoms with van der Waals surface area (Å²) in [5.74, 6) is 0.818. The monoisotopic (exact) mass is 451 g/mol. The minimum Gasteiger partial charge on any atom is -0.494 e. The minimum atomic E-state index is -0.0898. The molecule has 1 saturated heterocycles. The van der Waals surface area contributed by atoms with Gasteiger partial charge < -0.3 is 24.7 Å². The highest BCUT2D eigenvalue weighted by molar-refractivity contribution is 7.80. The maximum absolute atomic E-state index is 12.8. The van der Waals surface area contributed by atoms with Crippen molar-refractivity contribution in [1.29, 1.82) is 0 Å². The van der Waals surface area contributed by atoms with Crippen molar-refractivity contribution < 1.29 is 9.47 Å². The number of hydrogen-bond donors (Lipinski definition) is 2. The van der Waals surface area contributed by atoms with Gasteiger partial charge in [0.1, 0.15) is 5.75 Å². The van der Waals surface area contributed by atoms with Crippen molar-refractivity contribution in [2.75, 3.05) is 25.1 Å². The van der Waals surface area contributed by atoms with E-state index < -0.39 is 0 Å². The third-order valence-electron chi connectivity index (χ3n) is 5.68. The first-order valence-electron chi connectivity index (χ1n) is 11.1. The minimum absolute atomic E-state index is 0.0898. The van der Waals surface area contributed by atoms with Gasteiger partial charge in [0.2, 0.25) is 0 Å². The number of para-hydroxylation sites is 1. The molecule has 2 N–H and O–H groups in total. The summed E-state index contributed by atoms with van der Waals surface area (Å²) < 4.78 is 11.4. The number of thiocarbonyl (C=S) groups is 1. The third kappa shape index (κ3) is 5.29. The maximum Gasteiger partial charge on any atom is 0.253 e. The molecule has 1 unspecified atom stereocenters. The van der Waals surface area contributed by atoms with E-state index >= 15 is 0 Å². The summed E-state index contributed by atoms with van der Waals surface area (Å²) in [6.07, 6.45) is 2.15. The van der Waals surface area contributed by atoms with Gasteiger partial charge >= 0.3 is 0 Å². The second kappa shape index (κ2) is 10.1. The number of aromatic nitrogens is 1. The maximum atomic E-state index is 12.8. The molecule has 1 aromatic heterocycles. The molecule has 6 nitrogen and oxygen atoms in total. The first kappa shape index (κ1) is 22.3. The summed E-state index contributed by atoms with van der Waals surface area (Å²) in [7, 11) is 0. The zero-order chi connectivity index (χ0) is 22.5. The van der Waals surface area contributed by atoms with Gasteiger partial charge in [0.25, 0.3) is 5.56 Å². The van der Waals surface area contributed by atoms with Crippen molar-refractivity contribution in [2.24, 2.45) is 0 Å². The molecule has 168 valence electrons. The Morgan fingerprint density at radius 3 is 2.81 bits per heavy atom. The van der Waals surface area contributed by atoms with E-state index in [1.807, 2.05) is 67.3 Å². The molecule has 32 heavy (non-hydrogen) atoms. The van der Waals surface area contributed by atoms with Crippen LogP contribution in [0.1, 0.15) is 30.9 Å². The van der Waals surface area contributed by atoms with Gasteiger partial charge in [-0.15, -0.1) is 0 Å². The van der Waals surface area contributed by atoms with Crippen molar-refractivity contribution in [1.82, 2.24) is 9.88 Å². The van der Waals surface area contributed by atoms with Crippen LogP contribution in [-0.2, 0) is 11.3 Å². The standard InChI is InChI=1S/C25H29N3O3S/c1-3-30-21-11-9-20(10-12-21)26-25(32)28(16-22-8-5-13-31-22)15-19-14-18-7-4-6-17(2)23(18)27-24(19)29/h4,6-7,9-12,14,22H,3,5,8,13,15-16H2,1-2H3,(H,26,32)(H,27,29). The molecule has 0 radical (unpaired) electrons. The van der Waals surface area contributed by atoms with Crippen LogP contribution in [0, 0.1) is 6.92 Å². The van der Waals surface area contributed by atoms with Gasteiger partial charge in [0.15, 0.2) is 5.11 Å². The molecule has 0 spiro atoms. The average molecular weight is 452 g/mol. The predicted octanol–water partition coefficient (Wildman–Crippen LogP) is 4.61. The van der Waals surface area contributed by atoms with Gasteiger partial charge in [-0.25, -0.2) is 0 Å². The van der Waals surface area contributed by atoms with Gasteiger partial charge in [0, 0.05) is 24.4 Å². The topological polar surface area (TPSA) is 66.6 Å². The van der Waals surface area contributed by atoms with Crippen LogP contribution >= 0.6 is 12.2 Å². The molecule has 1 aliphatic rings. The summed E-state index contributed by atoms with van der Waals surface area (Å²) in [5.41, 5.74) is 3.39. The molecule has 2 heterocycles. The number of rotatable bonds is 7.